The maximum absolute atomic E-state index is 13.9. The third kappa shape index (κ3) is 3.66. The van der Waals surface area contributed by atoms with Crippen molar-refractivity contribution in [1.29, 1.82) is 0 Å². The van der Waals surface area contributed by atoms with Crippen LogP contribution in [0.2, 0.25) is 0 Å². The number of piperidine rings is 2. The number of nitrogens with zero attached hydrogens (tertiary/aromatic N) is 6. The van der Waals surface area contributed by atoms with E-state index in [1.807, 2.05) is 23.4 Å². The number of hydrogen-bond acceptors (Lipinski definition) is 9. The van der Waals surface area contributed by atoms with E-state index in [1.165, 1.54) is 0 Å². The van der Waals surface area contributed by atoms with Gasteiger partial charge in [-0.05, 0) is 37.8 Å². The highest BCUT2D eigenvalue weighted by Crippen LogP contribution is 2.71. The number of anilines is 4. The van der Waals surface area contributed by atoms with Gasteiger partial charge < -0.3 is 20.3 Å². The number of morpholine rings is 1. The molecule has 3 atom stereocenters. The van der Waals surface area contributed by atoms with Crippen LogP contribution in [0.4, 0.5) is 23.3 Å². The first-order chi connectivity index (χ1) is 19.6. The SMILES string of the molecule is O=C1NCC2C3c4cnc(Nc5ccc(N6CCC(N7CCOCC7)CC6)cn5)nc4N(C4CCCC4)C(=O)[C@]123. The summed E-state index contributed by atoms with van der Waals surface area (Å²) in [5.41, 5.74) is 1.11. The summed E-state index contributed by atoms with van der Waals surface area (Å²) in [6, 6.07) is 4.80. The van der Waals surface area contributed by atoms with Gasteiger partial charge in [-0.15, -0.1) is 0 Å². The third-order valence-electron chi connectivity index (χ3n) is 10.2. The Morgan fingerprint density at radius 2 is 1.75 bits per heavy atom. The summed E-state index contributed by atoms with van der Waals surface area (Å²) in [6.45, 7) is 6.38. The van der Waals surface area contributed by atoms with Crippen LogP contribution in [-0.2, 0) is 14.3 Å². The number of fused-ring (bicyclic) bond motifs is 3. The van der Waals surface area contributed by atoms with E-state index in [2.05, 4.69) is 36.5 Å². The van der Waals surface area contributed by atoms with Crippen LogP contribution in [0.15, 0.2) is 24.5 Å². The first-order valence-corrected chi connectivity index (χ1v) is 14.9. The normalized spacial score (nSPS) is 30.6. The molecule has 11 nitrogen and oxygen atoms in total. The molecule has 5 fully saturated rings. The van der Waals surface area contributed by atoms with Gasteiger partial charge in [0.15, 0.2) is 0 Å². The van der Waals surface area contributed by atoms with Crippen molar-refractivity contribution in [2.75, 3.05) is 61.1 Å². The second-order valence-electron chi connectivity index (χ2n) is 12.1. The van der Waals surface area contributed by atoms with Crippen LogP contribution in [0.1, 0.15) is 50.0 Å². The predicted octanol–water partition coefficient (Wildman–Crippen LogP) is 2.03. The highest BCUT2D eigenvalue weighted by molar-refractivity contribution is 6.19. The predicted molar refractivity (Wildman–Crippen MR) is 149 cm³/mol. The number of nitrogens with one attached hydrogen (secondary N) is 2. The molecule has 2 N–H and O–H groups in total. The highest BCUT2D eigenvalue weighted by atomic mass is 16.5. The zero-order chi connectivity index (χ0) is 26.8. The molecule has 3 saturated heterocycles. The van der Waals surface area contributed by atoms with Crippen LogP contribution in [0.5, 0.6) is 0 Å². The van der Waals surface area contributed by atoms with Crippen LogP contribution in [0.3, 0.4) is 0 Å². The first-order valence-electron chi connectivity index (χ1n) is 14.9. The smallest absolute Gasteiger partial charge is 0.245 e. The van der Waals surface area contributed by atoms with Gasteiger partial charge in [-0.3, -0.25) is 19.4 Å². The minimum atomic E-state index is -0.943. The van der Waals surface area contributed by atoms with Gasteiger partial charge in [0.05, 0.1) is 25.1 Å². The van der Waals surface area contributed by atoms with Gasteiger partial charge in [0.25, 0.3) is 0 Å². The third-order valence-corrected chi connectivity index (χ3v) is 10.2. The Bertz CT molecular complexity index is 1320. The number of amides is 2. The number of pyridine rings is 1. The second kappa shape index (κ2) is 9.37. The van der Waals surface area contributed by atoms with Gasteiger partial charge >= 0.3 is 0 Å². The lowest BCUT2D eigenvalue weighted by Gasteiger charge is -2.40. The van der Waals surface area contributed by atoms with Gasteiger partial charge in [-0.25, -0.2) is 9.97 Å². The Labute approximate surface area is 233 Å². The number of carbonyl (C=O) groups excluding carboxylic acids is 2. The fourth-order valence-corrected chi connectivity index (χ4v) is 8.09. The topological polar surface area (TPSA) is 116 Å². The molecule has 6 heterocycles. The molecular formula is C29H36N8O3. The molecule has 2 amide bonds. The van der Waals surface area contributed by atoms with E-state index < -0.39 is 5.41 Å². The van der Waals surface area contributed by atoms with Gasteiger partial charge in [0.1, 0.15) is 17.1 Å². The summed E-state index contributed by atoms with van der Waals surface area (Å²) in [4.78, 5) is 47.7. The number of rotatable bonds is 5. The number of ether oxygens (including phenoxy) is 1. The molecule has 2 aromatic rings. The molecule has 0 radical (unpaired) electrons. The molecule has 2 aromatic heterocycles. The Hall–Kier alpha value is -3.31. The van der Waals surface area contributed by atoms with Gasteiger partial charge in [0, 0.05) is 68.4 Å². The molecule has 2 unspecified atom stereocenters. The summed E-state index contributed by atoms with van der Waals surface area (Å²) in [7, 11) is 0. The Morgan fingerprint density at radius 1 is 0.950 bits per heavy atom. The lowest BCUT2D eigenvalue weighted by Crippen LogP contribution is -2.51. The van der Waals surface area contributed by atoms with Crippen LogP contribution in [0.25, 0.3) is 0 Å². The molecule has 2 aliphatic carbocycles. The van der Waals surface area contributed by atoms with Gasteiger partial charge in [-0.1, -0.05) is 12.8 Å². The molecule has 6 aliphatic rings. The fourth-order valence-electron chi connectivity index (χ4n) is 8.09. The van der Waals surface area contributed by atoms with E-state index in [1.54, 1.807) is 0 Å². The van der Waals surface area contributed by atoms with E-state index in [4.69, 9.17) is 9.72 Å². The first kappa shape index (κ1) is 24.5. The maximum Gasteiger partial charge on any atom is 0.245 e. The van der Waals surface area contributed by atoms with E-state index in [0.717, 1.165) is 89.2 Å². The monoisotopic (exact) mass is 544 g/mol. The molecule has 0 aromatic carbocycles. The van der Waals surface area contributed by atoms with E-state index >= 15 is 0 Å². The summed E-state index contributed by atoms with van der Waals surface area (Å²) >= 11 is 0. The zero-order valence-electron chi connectivity index (χ0n) is 22.7. The number of aromatic nitrogens is 3. The van der Waals surface area contributed by atoms with Crippen molar-refractivity contribution in [3.05, 3.63) is 30.1 Å². The number of carbonyl (C=O) groups is 2. The van der Waals surface area contributed by atoms with Crippen molar-refractivity contribution in [3.8, 4) is 0 Å². The van der Waals surface area contributed by atoms with Crippen LogP contribution >= 0.6 is 0 Å². The molecule has 1 spiro atoms. The van der Waals surface area contributed by atoms with Crippen molar-refractivity contribution in [1.82, 2.24) is 25.2 Å². The van der Waals surface area contributed by atoms with Crippen molar-refractivity contribution >= 4 is 35.1 Å². The lowest BCUT2D eigenvalue weighted by molar-refractivity contribution is -0.135. The summed E-state index contributed by atoms with van der Waals surface area (Å²) in [6.07, 6.45) is 10.1. The zero-order valence-corrected chi connectivity index (χ0v) is 22.7. The second-order valence-corrected chi connectivity index (χ2v) is 12.1. The quantitative estimate of drug-likeness (QED) is 0.546. The van der Waals surface area contributed by atoms with E-state index in [9.17, 15) is 9.59 Å². The van der Waals surface area contributed by atoms with Crippen LogP contribution in [-0.4, -0.2) is 89.7 Å². The number of hydrogen-bond donors (Lipinski definition) is 2. The molecule has 210 valence electrons. The van der Waals surface area contributed by atoms with Crippen molar-refractivity contribution in [2.45, 2.75) is 56.5 Å². The molecule has 11 heteroatoms. The highest BCUT2D eigenvalue weighted by Gasteiger charge is 2.81. The molecule has 8 rings (SSSR count). The largest absolute Gasteiger partial charge is 0.379 e. The molecule has 4 aliphatic heterocycles. The van der Waals surface area contributed by atoms with Crippen LogP contribution in [0, 0.1) is 11.3 Å². The van der Waals surface area contributed by atoms with Crippen molar-refractivity contribution < 1.29 is 14.3 Å². The minimum Gasteiger partial charge on any atom is -0.379 e. The molecule has 40 heavy (non-hydrogen) atoms. The van der Waals surface area contributed by atoms with Gasteiger partial charge in [0.2, 0.25) is 17.8 Å². The minimum absolute atomic E-state index is 0.00760. The Kier molecular flexibility index (Phi) is 5.74. The summed E-state index contributed by atoms with van der Waals surface area (Å²) in [5.74, 6) is 1.47. The lowest BCUT2D eigenvalue weighted by atomic mass is 9.92. The fraction of sp³-hybridized carbons (Fsp3) is 0.621. The summed E-state index contributed by atoms with van der Waals surface area (Å²) < 4.78 is 5.51. The Morgan fingerprint density at radius 3 is 2.50 bits per heavy atom. The maximum atomic E-state index is 13.9. The molecule has 2 saturated carbocycles. The molecular weight excluding hydrogens is 508 g/mol. The van der Waals surface area contributed by atoms with Crippen molar-refractivity contribution in [3.63, 3.8) is 0 Å². The average molecular weight is 545 g/mol. The van der Waals surface area contributed by atoms with Crippen molar-refractivity contribution in [2.24, 2.45) is 11.3 Å². The van der Waals surface area contributed by atoms with E-state index in [-0.39, 0.29) is 29.7 Å². The summed E-state index contributed by atoms with van der Waals surface area (Å²) in [5, 5.41) is 6.17. The Balaban J connectivity index is 0.988. The van der Waals surface area contributed by atoms with Crippen LogP contribution < -0.4 is 20.4 Å². The average Bonchev–Trinajstić information content (AvgIpc) is 3.23. The van der Waals surface area contributed by atoms with E-state index in [0.29, 0.717) is 30.2 Å². The molecule has 0 bridgehead atoms. The van der Waals surface area contributed by atoms with Gasteiger partial charge in [-0.2, -0.15) is 4.98 Å². The standard InChI is InChI=1S/C29H36N8O3/c38-26-29-22(17-31-26)24(29)21-16-32-28(34-25(21)37(27(29)39)19-3-1-2-4-19)33-23-6-5-20(15-30-23)35-9-7-18(8-10-35)36-11-13-40-14-12-36/h5-6,15-16,18-19,22,24H,1-4,7-14,17H2,(H,31,38)(H,30,32,33,34)/t22?,24?,29-/m1/s1.